The molecule has 1 aromatic heterocycles. The van der Waals surface area contributed by atoms with Crippen LogP contribution in [0.15, 0.2) is 28.0 Å². The normalized spacial score (nSPS) is 11.5. The Labute approximate surface area is 101 Å². The molecule has 0 saturated heterocycles. The van der Waals surface area contributed by atoms with Crippen LogP contribution in [0, 0.1) is 0 Å². The van der Waals surface area contributed by atoms with E-state index in [1.165, 1.54) is 19.1 Å². The summed E-state index contributed by atoms with van der Waals surface area (Å²) in [6.07, 6.45) is 5.81. The Kier molecular flexibility index (Phi) is 5.85. The molecule has 1 aromatic rings. The quantitative estimate of drug-likeness (QED) is 0.428. The molecule has 0 aliphatic heterocycles. The van der Waals surface area contributed by atoms with Gasteiger partial charge < -0.3 is 15.0 Å². The number of amides is 1. The van der Waals surface area contributed by atoms with Crippen molar-refractivity contribution in [2.24, 2.45) is 10.9 Å². The number of oxime groups is 1. The molecule has 0 saturated carbocycles. The van der Waals surface area contributed by atoms with Crippen molar-refractivity contribution in [1.29, 1.82) is 0 Å². The number of carbonyl (C=O) groups excluding carboxylic acids is 1. The van der Waals surface area contributed by atoms with E-state index in [1.54, 1.807) is 12.1 Å². The maximum Gasteiger partial charge on any atom is 0.274 e. The number of nitrogens with two attached hydrogens (primary N) is 1. The molecular weight excluding hydrogens is 220 g/mol. The molecule has 1 heterocycles. The minimum absolute atomic E-state index is 0.0190. The van der Waals surface area contributed by atoms with Gasteiger partial charge in [-0.25, -0.2) is 0 Å². The summed E-state index contributed by atoms with van der Waals surface area (Å²) in [5.74, 6) is -0.334. The molecule has 5 heteroatoms. The second kappa shape index (κ2) is 7.49. The molecule has 0 bridgehead atoms. The Bertz CT molecular complexity index is 358. The maximum atomic E-state index is 11.1. The van der Waals surface area contributed by atoms with Crippen molar-refractivity contribution in [3.63, 3.8) is 0 Å². The summed E-state index contributed by atoms with van der Waals surface area (Å²) in [7, 11) is 0. The van der Waals surface area contributed by atoms with Crippen LogP contribution < -0.4 is 5.73 Å². The lowest BCUT2D eigenvalue weighted by Crippen LogP contribution is -2.24. The van der Waals surface area contributed by atoms with Gasteiger partial charge in [0.1, 0.15) is 6.61 Å². The lowest BCUT2D eigenvalue weighted by Gasteiger charge is -2.01. The van der Waals surface area contributed by atoms with Crippen LogP contribution in [0.2, 0.25) is 0 Å². The second-order valence-corrected chi connectivity index (χ2v) is 3.68. The number of hydrogen-bond acceptors (Lipinski definition) is 4. The van der Waals surface area contributed by atoms with E-state index >= 15 is 0 Å². The van der Waals surface area contributed by atoms with Gasteiger partial charge in [0.25, 0.3) is 5.91 Å². The SMILES string of the molecule is CCCCCCON=C(C(N)=O)c1ccco1. The highest BCUT2D eigenvalue weighted by Gasteiger charge is 2.13. The van der Waals surface area contributed by atoms with Gasteiger partial charge in [-0.2, -0.15) is 0 Å². The first-order chi connectivity index (χ1) is 8.25. The highest BCUT2D eigenvalue weighted by atomic mass is 16.6. The average molecular weight is 238 g/mol. The van der Waals surface area contributed by atoms with Gasteiger partial charge in [-0.1, -0.05) is 24.9 Å². The van der Waals surface area contributed by atoms with Gasteiger partial charge in [-0.05, 0) is 25.0 Å². The van der Waals surface area contributed by atoms with Gasteiger partial charge in [0.2, 0.25) is 5.71 Å². The van der Waals surface area contributed by atoms with Crippen LogP contribution >= 0.6 is 0 Å². The first-order valence-corrected chi connectivity index (χ1v) is 5.79. The van der Waals surface area contributed by atoms with Crippen molar-refractivity contribution in [2.45, 2.75) is 32.6 Å². The van der Waals surface area contributed by atoms with Crippen LogP contribution in [-0.2, 0) is 9.63 Å². The molecule has 1 amide bonds. The lowest BCUT2D eigenvalue weighted by atomic mass is 10.2. The topological polar surface area (TPSA) is 77.8 Å². The third-order valence-corrected chi connectivity index (χ3v) is 2.23. The molecule has 0 radical (unpaired) electrons. The zero-order valence-electron chi connectivity index (χ0n) is 10.0. The number of rotatable bonds is 8. The molecule has 94 valence electrons. The molecular formula is C12H18N2O3. The smallest absolute Gasteiger partial charge is 0.274 e. The van der Waals surface area contributed by atoms with E-state index in [-0.39, 0.29) is 5.71 Å². The van der Waals surface area contributed by atoms with E-state index < -0.39 is 5.91 Å². The van der Waals surface area contributed by atoms with Gasteiger partial charge in [0.05, 0.1) is 6.26 Å². The van der Waals surface area contributed by atoms with Crippen LogP contribution in [0.4, 0.5) is 0 Å². The van der Waals surface area contributed by atoms with E-state index in [1.807, 2.05) is 0 Å². The summed E-state index contributed by atoms with van der Waals surface area (Å²) in [5, 5.41) is 3.71. The minimum Gasteiger partial charge on any atom is -0.462 e. The van der Waals surface area contributed by atoms with E-state index in [2.05, 4.69) is 12.1 Å². The Morgan fingerprint density at radius 1 is 1.47 bits per heavy atom. The molecule has 17 heavy (non-hydrogen) atoms. The summed E-state index contributed by atoms with van der Waals surface area (Å²) in [6.45, 7) is 2.62. The molecule has 0 spiro atoms. The van der Waals surface area contributed by atoms with Gasteiger partial charge in [0, 0.05) is 0 Å². The summed E-state index contributed by atoms with van der Waals surface area (Å²) in [4.78, 5) is 16.2. The summed E-state index contributed by atoms with van der Waals surface area (Å²) in [5.41, 5.74) is 5.20. The minimum atomic E-state index is -0.659. The largest absolute Gasteiger partial charge is 0.462 e. The van der Waals surface area contributed by atoms with E-state index in [0.717, 1.165) is 12.8 Å². The number of unbranched alkanes of at least 4 members (excludes halogenated alkanes) is 3. The fourth-order valence-corrected chi connectivity index (χ4v) is 1.33. The standard InChI is InChI=1S/C12H18N2O3/c1-2-3-4-5-9-17-14-11(12(13)15)10-7-6-8-16-10/h6-8H,2-5,9H2,1H3,(H2,13,15). The zero-order valence-corrected chi connectivity index (χ0v) is 10.0. The van der Waals surface area contributed by atoms with Crippen molar-refractivity contribution < 1.29 is 14.0 Å². The van der Waals surface area contributed by atoms with Crippen molar-refractivity contribution in [1.82, 2.24) is 0 Å². The molecule has 0 aliphatic carbocycles. The first-order valence-electron chi connectivity index (χ1n) is 5.79. The molecule has 0 aromatic carbocycles. The van der Waals surface area contributed by atoms with Crippen molar-refractivity contribution >= 4 is 11.6 Å². The highest BCUT2D eigenvalue weighted by Crippen LogP contribution is 2.04. The first kappa shape index (κ1) is 13.3. The molecule has 5 nitrogen and oxygen atoms in total. The van der Waals surface area contributed by atoms with Crippen LogP contribution in [0.25, 0.3) is 0 Å². The molecule has 0 fully saturated rings. The summed E-state index contributed by atoms with van der Waals surface area (Å²) in [6, 6.07) is 3.28. The van der Waals surface area contributed by atoms with Crippen LogP contribution in [-0.4, -0.2) is 18.2 Å². The summed E-state index contributed by atoms with van der Waals surface area (Å²) >= 11 is 0. The predicted molar refractivity (Wildman–Crippen MR) is 64.5 cm³/mol. The molecule has 0 unspecified atom stereocenters. The average Bonchev–Trinajstić information content (AvgIpc) is 2.81. The fourth-order valence-electron chi connectivity index (χ4n) is 1.33. The van der Waals surface area contributed by atoms with Crippen LogP contribution in [0.1, 0.15) is 38.4 Å². The zero-order chi connectivity index (χ0) is 12.5. The maximum absolute atomic E-state index is 11.1. The van der Waals surface area contributed by atoms with Crippen molar-refractivity contribution in [3.8, 4) is 0 Å². The third kappa shape index (κ3) is 4.72. The number of furan rings is 1. The lowest BCUT2D eigenvalue weighted by molar-refractivity contribution is -0.112. The van der Waals surface area contributed by atoms with Crippen molar-refractivity contribution in [3.05, 3.63) is 24.2 Å². The van der Waals surface area contributed by atoms with E-state index in [0.29, 0.717) is 12.4 Å². The second-order valence-electron chi connectivity index (χ2n) is 3.68. The van der Waals surface area contributed by atoms with Crippen molar-refractivity contribution in [2.75, 3.05) is 6.61 Å². The highest BCUT2D eigenvalue weighted by molar-refractivity contribution is 6.43. The van der Waals surface area contributed by atoms with Gasteiger partial charge in [-0.3, -0.25) is 4.79 Å². The number of primary amides is 1. The van der Waals surface area contributed by atoms with Gasteiger partial charge >= 0.3 is 0 Å². The Morgan fingerprint density at radius 3 is 2.88 bits per heavy atom. The van der Waals surface area contributed by atoms with Gasteiger partial charge in [0.15, 0.2) is 5.76 Å². The molecule has 0 atom stereocenters. The van der Waals surface area contributed by atoms with Crippen LogP contribution in [0.5, 0.6) is 0 Å². The molecule has 1 rings (SSSR count). The predicted octanol–water partition coefficient (Wildman–Crippen LogP) is 2.07. The Balaban J connectivity index is 2.41. The Hall–Kier alpha value is -1.78. The number of hydrogen-bond donors (Lipinski definition) is 1. The number of nitrogens with zero attached hydrogens (tertiary/aromatic N) is 1. The fraction of sp³-hybridized carbons (Fsp3) is 0.500. The van der Waals surface area contributed by atoms with Crippen LogP contribution in [0.3, 0.4) is 0 Å². The monoisotopic (exact) mass is 238 g/mol. The Morgan fingerprint density at radius 2 is 2.29 bits per heavy atom. The van der Waals surface area contributed by atoms with Gasteiger partial charge in [-0.15, -0.1) is 0 Å². The van der Waals surface area contributed by atoms with E-state index in [9.17, 15) is 4.79 Å². The molecule has 0 aliphatic rings. The number of carbonyl (C=O) groups is 1. The summed E-state index contributed by atoms with van der Waals surface area (Å²) < 4.78 is 5.04. The van der Waals surface area contributed by atoms with E-state index in [4.69, 9.17) is 15.0 Å². The third-order valence-electron chi connectivity index (χ3n) is 2.23. The molecule has 2 N–H and O–H groups in total.